The summed E-state index contributed by atoms with van der Waals surface area (Å²) in [6, 6.07) is 15.9. The molecule has 27 heavy (non-hydrogen) atoms. The summed E-state index contributed by atoms with van der Waals surface area (Å²) >= 11 is 5.42. The summed E-state index contributed by atoms with van der Waals surface area (Å²) < 4.78 is 10.2. The van der Waals surface area contributed by atoms with Crippen LogP contribution in [0.4, 0.5) is 0 Å². The Labute approximate surface area is 162 Å². The molecule has 0 heterocycles. The van der Waals surface area contributed by atoms with Crippen molar-refractivity contribution in [2.24, 2.45) is 0 Å². The number of hydrogen-bond donors (Lipinski definition) is 1. The van der Waals surface area contributed by atoms with Gasteiger partial charge in [-0.1, -0.05) is 36.4 Å². The minimum absolute atomic E-state index is 0.0570. The molecule has 0 aromatic heterocycles. The van der Waals surface area contributed by atoms with Crippen LogP contribution in [0.25, 0.3) is 6.08 Å². The number of esters is 1. The van der Waals surface area contributed by atoms with Crippen LogP contribution in [0.15, 0.2) is 54.1 Å². The Bertz CT molecular complexity index is 889. The van der Waals surface area contributed by atoms with Crippen LogP contribution in [-0.4, -0.2) is 24.9 Å². The van der Waals surface area contributed by atoms with Gasteiger partial charge in [-0.15, -0.1) is 11.6 Å². The summed E-state index contributed by atoms with van der Waals surface area (Å²) in [5.41, 5.74) is 1.41. The molecule has 0 bridgehead atoms. The van der Waals surface area contributed by atoms with Crippen molar-refractivity contribution in [2.75, 3.05) is 13.0 Å². The molecule has 0 spiro atoms. The van der Waals surface area contributed by atoms with Crippen LogP contribution in [0.5, 0.6) is 11.5 Å². The molecule has 0 unspecified atom stereocenters. The average molecular weight is 385 g/mol. The minimum atomic E-state index is -0.615. The van der Waals surface area contributed by atoms with E-state index in [2.05, 4.69) is 5.32 Å². The number of rotatable bonds is 7. The van der Waals surface area contributed by atoms with Gasteiger partial charge in [-0.2, -0.15) is 5.26 Å². The van der Waals surface area contributed by atoms with Gasteiger partial charge in [-0.3, -0.25) is 9.59 Å². The molecule has 6 nitrogen and oxygen atoms in total. The fourth-order valence-corrected chi connectivity index (χ4v) is 2.25. The molecule has 2 aromatic carbocycles. The second-order valence-corrected chi connectivity index (χ2v) is 5.62. The molecular weight excluding hydrogens is 368 g/mol. The van der Waals surface area contributed by atoms with Gasteiger partial charge in [-0.05, 0) is 29.3 Å². The van der Waals surface area contributed by atoms with Crippen LogP contribution >= 0.6 is 11.6 Å². The van der Waals surface area contributed by atoms with E-state index in [0.717, 1.165) is 5.56 Å². The number of nitrogens with zero attached hydrogens (tertiary/aromatic N) is 1. The monoisotopic (exact) mass is 384 g/mol. The van der Waals surface area contributed by atoms with Gasteiger partial charge in [0.25, 0.3) is 5.91 Å². The maximum absolute atomic E-state index is 12.2. The van der Waals surface area contributed by atoms with Crippen LogP contribution in [-0.2, 0) is 16.1 Å². The van der Waals surface area contributed by atoms with Crippen molar-refractivity contribution >= 4 is 29.6 Å². The highest BCUT2D eigenvalue weighted by molar-refractivity contribution is 6.26. The van der Waals surface area contributed by atoms with Gasteiger partial charge >= 0.3 is 5.97 Å². The lowest BCUT2D eigenvalue weighted by Gasteiger charge is -2.09. The van der Waals surface area contributed by atoms with Gasteiger partial charge in [0.2, 0.25) is 0 Å². The third kappa shape index (κ3) is 5.87. The molecule has 1 amide bonds. The molecule has 0 saturated heterocycles. The van der Waals surface area contributed by atoms with Crippen molar-refractivity contribution in [3.63, 3.8) is 0 Å². The summed E-state index contributed by atoms with van der Waals surface area (Å²) in [5.74, 6) is -0.906. The molecule has 0 fully saturated rings. The molecule has 0 radical (unpaired) electrons. The summed E-state index contributed by atoms with van der Waals surface area (Å²) in [4.78, 5) is 23.6. The summed E-state index contributed by atoms with van der Waals surface area (Å²) in [5, 5.41) is 12.0. The van der Waals surface area contributed by atoms with Crippen molar-refractivity contribution in [3.05, 3.63) is 65.2 Å². The predicted molar refractivity (Wildman–Crippen MR) is 101 cm³/mol. The quantitative estimate of drug-likeness (QED) is 0.260. The first kappa shape index (κ1) is 20.0. The van der Waals surface area contributed by atoms with E-state index >= 15 is 0 Å². The SMILES string of the molecule is COc1cc(/C=C(\C#N)C(=O)NCc2ccccc2)ccc1OC(=O)CCl. The highest BCUT2D eigenvalue weighted by Gasteiger charge is 2.12. The molecular formula is C20H17ClN2O4. The lowest BCUT2D eigenvalue weighted by molar-refractivity contribution is -0.131. The number of nitrogens with one attached hydrogen (secondary N) is 1. The molecule has 0 aliphatic rings. The maximum atomic E-state index is 12.2. The fourth-order valence-electron chi connectivity index (χ4n) is 2.20. The summed E-state index contributed by atoms with van der Waals surface area (Å²) in [6.07, 6.45) is 1.43. The number of carbonyl (C=O) groups excluding carboxylic acids is 2. The van der Waals surface area contributed by atoms with Crippen molar-refractivity contribution < 1.29 is 19.1 Å². The highest BCUT2D eigenvalue weighted by atomic mass is 35.5. The van der Waals surface area contributed by atoms with Crippen molar-refractivity contribution in [1.82, 2.24) is 5.32 Å². The van der Waals surface area contributed by atoms with Gasteiger partial charge < -0.3 is 14.8 Å². The van der Waals surface area contributed by atoms with Crippen LogP contribution < -0.4 is 14.8 Å². The molecule has 0 aliphatic carbocycles. The Balaban J connectivity index is 2.15. The minimum Gasteiger partial charge on any atom is -0.493 e. The number of carbonyl (C=O) groups is 2. The number of nitriles is 1. The van der Waals surface area contributed by atoms with Gasteiger partial charge in [0, 0.05) is 6.54 Å². The zero-order valence-corrected chi connectivity index (χ0v) is 15.3. The smallest absolute Gasteiger partial charge is 0.326 e. The van der Waals surface area contributed by atoms with E-state index in [-0.39, 0.29) is 23.0 Å². The van der Waals surface area contributed by atoms with E-state index in [1.807, 2.05) is 36.4 Å². The third-order valence-electron chi connectivity index (χ3n) is 3.49. The highest BCUT2D eigenvalue weighted by Crippen LogP contribution is 2.29. The molecule has 0 aliphatic heterocycles. The van der Waals surface area contributed by atoms with E-state index in [1.165, 1.54) is 19.3 Å². The number of ether oxygens (including phenoxy) is 2. The normalized spacial score (nSPS) is 10.6. The van der Waals surface area contributed by atoms with E-state index in [1.54, 1.807) is 12.1 Å². The zero-order valence-electron chi connectivity index (χ0n) is 14.6. The Hall–Kier alpha value is -3.30. The van der Waals surface area contributed by atoms with Crippen LogP contribution in [0, 0.1) is 11.3 Å². The van der Waals surface area contributed by atoms with E-state index < -0.39 is 11.9 Å². The molecule has 0 atom stereocenters. The number of amides is 1. The largest absolute Gasteiger partial charge is 0.493 e. The number of hydrogen-bond acceptors (Lipinski definition) is 5. The summed E-state index contributed by atoms with van der Waals surface area (Å²) in [6.45, 7) is 0.315. The molecule has 138 valence electrons. The number of alkyl halides is 1. The van der Waals surface area contributed by atoms with Crippen LogP contribution in [0.1, 0.15) is 11.1 Å². The van der Waals surface area contributed by atoms with Gasteiger partial charge in [0.1, 0.15) is 17.5 Å². The number of benzene rings is 2. The van der Waals surface area contributed by atoms with E-state index in [9.17, 15) is 14.9 Å². The first-order valence-electron chi connectivity index (χ1n) is 7.96. The Morgan fingerprint density at radius 1 is 1.19 bits per heavy atom. The van der Waals surface area contributed by atoms with E-state index in [0.29, 0.717) is 12.1 Å². The van der Waals surface area contributed by atoms with Gasteiger partial charge in [-0.25, -0.2) is 0 Å². The second-order valence-electron chi connectivity index (χ2n) is 5.36. The molecule has 0 saturated carbocycles. The lowest BCUT2D eigenvalue weighted by Crippen LogP contribution is -2.23. The summed E-state index contributed by atoms with van der Waals surface area (Å²) in [7, 11) is 1.42. The predicted octanol–water partition coefficient (Wildman–Crippen LogP) is 3.06. The third-order valence-corrected chi connectivity index (χ3v) is 3.71. The van der Waals surface area contributed by atoms with Crippen molar-refractivity contribution in [3.8, 4) is 17.6 Å². The average Bonchev–Trinajstić information content (AvgIpc) is 2.71. The Morgan fingerprint density at radius 3 is 2.56 bits per heavy atom. The van der Waals surface area contributed by atoms with Crippen LogP contribution in [0.2, 0.25) is 0 Å². The first-order chi connectivity index (χ1) is 13.1. The lowest BCUT2D eigenvalue weighted by atomic mass is 10.1. The second kappa shape index (κ2) is 10.00. The fraction of sp³-hybridized carbons (Fsp3) is 0.150. The van der Waals surface area contributed by atoms with E-state index in [4.69, 9.17) is 21.1 Å². The first-order valence-corrected chi connectivity index (χ1v) is 8.49. The standard InChI is InChI=1S/C20H17ClN2O4/c1-26-18-10-15(7-8-17(18)27-19(24)11-21)9-16(12-22)20(25)23-13-14-5-3-2-4-6-14/h2-10H,11,13H2,1H3,(H,23,25)/b16-9+. The molecule has 2 aromatic rings. The molecule has 1 N–H and O–H groups in total. The molecule has 7 heteroatoms. The Kier molecular flexibility index (Phi) is 7.41. The topological polar surface area (TPSA) is 88.4 Å². The number of methoxy groups -OCH3 is 1. The van der Waals surface area contributed by atoms with Crippen molar-refractivity contribution in [1.29, 1.82) is 5.26 Å². The van der Waals surface area contributed by atoms with Gasteiger partial charge in [0.15, 0.2) is 11.5 Å². The van der Waals surface area contributed by atoms with Crippen LogP contribution in [0.3, 0.4) is 0 Å². The Morgan fingerprint density at radius 2 is 1.93 bits per heavy atom. The maximum Gasteiger partial charge on any atom is 0.326 e. The zero-order chi connectivity index (χ0) is 19.6. The van der Waals surface area contributed by atoms with Crippen molar-refractivity contribution in [2.45, 2.75) is 6.54 Å². The van der Waals surface area contributed by atoms with Gasteiger partial charge in [0.05, 0.1) is 7.11 Å². The molecule has 2 rings (SSSR count). The number of halogens is 1.